The summed E-state index contributed by atoms with van der Waals surface area (Å²) in [5, 5.41) is 0. The molecule has 0 aromatic heterocycles. The molecule has 0 saturated heterocycles. The summed E-state index contributed by atoms with van der Waals surface area (Å²) in [7, 11) is 2.10. The van der Waals surface area contributed by atoms with Crippen molar-refractivity contribution < 1.29 is 4.79 Å². The highest BCUT2D eigenvalue weighted by Crippen LogP contribution is 2.23. The zero-order chi connectivity index (χ0) is 14.5. The van der Waals surface area contributed by atoms with Crippen molar-refractivity contribution in [3.63, 3.8) is 0 Å². The molecular weight excluding hydrogens is 234 g/mol. The van der Waals surface area contributed by atoms with Gasteiger partial charge in [0.1, 0.15) is 0 Å². The summed E-state index contributed by atoms with van der Waals surface area (Å²) in [5.41, 5.74) is 0.466. The third-order valence-electron chi connectivity index (χ3n) is 3.64. The Bertz CT molecular complexity index is 397. The van der Waals surface area contributed by atoms with Gasteiger partial charge >= 0.3 is 0 Å². The first-order valence-corrected chi connectivity index (χ1v) is 7.15. The molecule has 0 spiro atoms. The molecule has 0 amide bonds. The third-order valence-corrected chi connectivity index (χ3v) is 3.64. The van der Waals surface area contributed by atoms with E-state index in [0.29, 0.717) is 5.92 Å². The number of carbonyl (C=O) groups excluding carboxylic acids is 1. The van der Waals surface area contributed by atoms with Gasteiger partial charge in [-0.05, 0) is 13.0 Å². The van der Waals surface area contributed by atoms with E-state index in [1.165, 1.54) is 6.42 Å². The van der Waals surface area contributed by atoms with E-state index < -0.39 is 0 Å². The Kier molecular flexibility index (Phi) is 5.74. The van der Waals surface area contributed by atoms with Crippen LogP contribution >= 0.6 is 0 Å². The predicted molar refractivity (Wildman–Crippen MR) is 81.5 cm³/mol. The molecule has 1 aromatic rings. The maximum Gasteiger partial charge on any atom is 0.169 e. The molecule has 0 aliphatic heterocycles. The van der Waals surface area contributed by atoms with E-state index >= 15 is 0 Å². The van der Waals surface area contributed by atoms with E-state index in [1.807, 2.05) is 44.2 Å². The van der Waals surface area contributed by atoms with Crippen LogP contribution in [-0.4, -0.2) is 30.8 Å². The number of benzene rings is 1. The van der Waals surface area contributed by atoms with Crippen LogP contribution in [0.3, 0.4) is 0 Å². The number of hydrogen-bond donors (Lipinski definition) is 0. The highest BCUT2D eigenvalue weighted by Gasteiger charge is 2.29. The molecule has 106 valence electrons. The largest absolute Gasteiger partial charge is 0.305 e. The van der Waals surface area contributed by atoms with Crippen molar-refractivity contribution in [1.82, 2.24) is 4.90 Å². The lowest BCUT2D eigenvalue weighted by Gasteiger charge is -2.30. The van der Waals surface area contributed by atoms with Gasteiger partial charge in [0.15, 0.2) is 5.78 Å². The second-order valence-corrected chi connectivity index (χ2v) is 6.29. The molecular formula is C17H27NO. The Labute approximate surface area is 117 Å². The van der Waals surface area contributed by atoms with Gasteiger partial charge < -0.3 is 4.90 Å². The Morgan fingerprint density at radius 1 is 1.26 bits per heavy atom. The average Bonchev–Trinajstić information content (AvgIpc) is 2.37. The van der Waals surface area contributed by atoms with Gasteiger partial charge in [-0.15, -0.1) is 0 Å². The topological polar surface area (TPSA) is 20.3 Å². The fourth-order valence-electron chi connectivity index (χ4n) is 2.45. The van der Waals surface area contributed by atoms with Crippen molar-refractivity contribution in [2.75, 3.05) is 20.1 Å². The quantitative estimate of drug-likeness (QED) is 0.694. The summed E-state index contributed by atoms with van der Waals surface area (Å²) < 4.78 is 0. The van der Waals surface area contributed by atoms with Crippen LogP contribution in [0.2, 0.25) is 0 Å². The molecule has 1 atom stereocenters. The minimum absolute atomic E-state index is 0.226. The normalized spacial score (nSPS) is 13.6. The summed E-state index contributed by atoms with van der Waals surface area (Å²) in [5.74, 6) is 0.900. The maximum atomic E-state index is 12.5. The Hall–Kier alpha value is -1.15. The van der Waals surface area contributed by atoms with Gasteiger partial charge in [-0.3, -0.25) is 4.79 Å². The van der Waals surface area contributed by atoms with Crippen molar-refractivity contribution in [1.29, 1.82) is 0 Å². The van der Waals surface area contributed by atoms with Crippen molar-refractivity contribution in [2.24, 2.45) is 11.3 Å². The van der Waals surface area contributed by atoms with Crippen LogP contribution in [0.25, 0.3) is 0 Å². The molecule has 1 unspecified atom stereocenters. The maximum absolute atomic E-state index is 12.5. The van der Waals surface area contributed by atoms with Gasteiger partial charge in [0.05, 0.1) is 0 Å². The lowest BCUT2D eigenvalue weighted by Crippen LogP contribution is -2.39. The van der Waals surface area contributed by atoms with Crippen molar-refractivity contribution >= 4 is 5.78 Å². The molecule has 0 bridgehead atoms. The molecule has 0 fully saturated rings. The molecule has 0 aliphatic carbocycles. The third kappa shape index (κ3) is 4.79. The highest BCUT2D eigenvalue weighted by molar-refractivity contribution is 6.00. The van der Waals surface area contributed by atoms with Crippen LogP contribution in [0.1, 0.15) is 44.5 Å². The summed E-state index contributed by atoms with van der Waals surface area (Å²) in [6.07, 6.45) is 1.18. The SMILES string of the molecule is CCC(C)CN(C)CC(C)(C)C(=O)c1ccccc1. The number of hydrogen-bond acceptors (Lipinski definition) is 2. The minimum Gasteiger partial charge on any atom is -0.305 e. The number of ketones is 1. The smallest absolute Gasteiger partial charge is 0.169 e. The monoisotopic (exact) mass is 261 g/mol. The number of Topliss-reactive ketones (excluding diaryl/α,β-unsaturated/α-hetero) is 1. The predicted octanol–water partition coefficient (Wildman–Crippen LogP) is 3.87. The van der Waals surface area contributed by atoms with E-state index in [2.05, 4.69) is 25.8 Å². The van der Waals surface area contributed by atoms with Gasteiger partial charge in [-0.25, -0.2) is 0 Å². The molecule has 0 saturated carbocycles. The Morgan fingerprint density at radius 3 is 2.37 bits per heavy atom. The molecule has 2 nitrogen and oxygen atoms in total. The first-order valence-electron chi connectivity index (χ1n) is 7.15. The molecule has 19 heavy (non-hydrogen) atoms. The second-order valence-electron chi connectivity index (χ2n) is 6.29. The molecule has 1 aromatic carbocycles. The lowest BCUT2D eigenvalue weighted by atomic mass is 9.83. The van der Waals surface area contributed by atoms with E-state index in [0.717, 1.165) is 18.7 Å². The molecule has 0 aliphatic rings. The van der Waals surface area contributed by atoms with E-state index in [1.54, 1.807) is 0 Å². The Morgan fingerprint density at radius 2 is 1.84 bits per heavy atom. The van der Waals surface area contributed by atoms with Crippen molar-refractivity contribution in [3.05, 3.63) is 35.9 Å². The van der Waals surface area contributed by atoms with Crippen LogP contribution in [0.5, 0.6) is 0 Å². The van der Waals surface area contributed by atoms with Crippen molar-refractivity contribution in [2.45, 2.75) is 34.1 Å². The van der Waals surface area contributed by atoms with Gasteiger partial charge in [0.25, 0.3) is 0 Å². The Balaban J connectivity index is 2.67. The summed E-state index contributed by atoms with van der Waals surface area (Å²) in [6, 6.07) is 9.59. The highest BCUT2D eigenvalue weighted by atomic mass is 16.1. The van der Waals surface area contributed by atoms with E-state index in [9.17, 15) is 4.79 Å². The van der Waals surface area contributed by atoms with Crippen LogP contribution in [0, 0.1) is 11.3 Å². The summed E-state index contributed by atoms with van der Waals surface area (Å²) >= 11 is 0. The number of rotatable bonds is 7. The zero-order valence-electron chi connectivity index (χ0n) is 12.9. The van der Waals surface area contributed by atoms with Crippen molar-refractivity contribution in [3.8, 4) is 0 Å². The van der Waals surface area contributed by atoms with Gasteiger partial charge in [-0.2, -0.15) is 0 Å². The number of carbonyl (C=O) groups is 1. The minimum atomic E-state index is -0.344. The average molecular weight is 261 g/mol. The first-order chi connectivity index (χ1) is 8.86. The van der Waals surface area contributed by atoms with E-state index in [-0.39, 0.29) is 11.2 Å². The molecule has 0 radical (unpaired) electrons. The molecule has 2 heteroatoms. The molecule has 0 N–H and O–H groups in total. The lowest BCUT2D eigenvalue weighted by molar-refractivity contribution is 0.0774. The molecule has 1 rings (SSSR count). The van der Waals surface area contributed by atoms with Crippen LogP contribution in [0.4, 0.5) is 0 Å². The second kappa shape index (κ2) is 6.85. The fourth-order valence-corrected chi connectivity index (χ4v) is 2.45. The van der Waals surface area contributed by atoms with Gasteiger partial charge in [0, 0.05) is 24.1 Å². The first kappa shape index (κ1) is 15.9. The standard InChI is InChI=1S/C17H27NO/c1-6-14(2)12-18(5)13-17(3,4)16(19)15-10-8-7-9-11-15/h7-11,14H,6,12-13H2,1-5H3. The van der Waals surface area contributed by atoms with Crippen LogP contribution < -0.4 is 0 Å². The van der Waals surface area contributed by atoms with Gasteiger partial charge in [0.2, 0.25) is 0 Å². The summed E-state index contributed by atoms with van der Waals surface area (Å²) in [6.45, 7) is 10.4. The van der Waals surface area contributed by atoms with E-state index in [4.69, 9.17) is 0 Å². The molecule has 0 heterocycles. The fraction of sp³-hybridized carbons (Fsp3) is 0.588. The summed E-state index contributed by atoms with van der Waals surface area (Å²) in [4.78, 5) is 14.8. The number of nitrogens with zero attached hydrogens (tertiary/aromatic N) is 1. The van der Waals surface area contributed by atoms with Crippen LogP contribution in [0.15, 0.2) is 30.3 Å². The van der Waals surface area contributed by atoms with Gasteiger partial charge in [-0.1, -0.05) is 64.4 Å². The van der Waals surface area contributed by atoms with Crippen LogP contribution in [-0.2, 0) is 0 Å². The zero-order valence-corrected chi connectivity index (χ0v) is 12.9.